The molecule has 1 aliphatic rings. The molecule has 1 fully saturated rings. The molecule has 1 aromatic heterocycles. The van der Waals surface area contributed by atoms with Gasteiger partial charge in [0.2, 0.25) is 17.6 Å². The Morgan fingerprint density at radius 1 is 1.30 bits per heavy atom. The molecule has 0 saturated carbocycles. The van der Waals surface area contributed by atoms with Crippen LogP contribution in [0.5, 0.6) is 11.5 Å². The standard InChI is InChI=1S/C19H22N2O6/c1-11-12-5-6-14(22)17(25)18(12)27-19(26)13(11)10-15(23)20-7-3-9-21-8-2-4-16(21)24/h5-6,22,25H,2-4,7-10H2,1H3,(H,20,23). The lowest BCUT2D eigenvalue weighted by atomic mass is 10.0. The molecular formula is C19H22N2O6. The van der Waals surface area contributed by atoms with E-state index < -0.39 is 11.4 Å². The van der Waals surface area contributed by atoms with E-state index in [1.165, 1.54) is 12.1 Å². The second kappa shape index (κ2) is 7.69. The van der Waals surface area contributed by atoms with Crippen molar-refractivity contribution in [2.24, 2.45) is 0 Å². The molecule has 1 aliphatic heterocycles. The van der Waals surface area contributed by atoms with E-state index in [-0.39, 0.29) is 35.1 Å². The van der Waals surface area contributed by atoms with E-state index in [4.69, 9.17) is 4.42 Å². The minimum absolute atomic E-state index is 0.100. The number of nitrogens with one attached hydrogen (secondary N) is 1. The Hall–Kier alpha value is -3.03. The summed E-state index contributed by atoms with van der Waals surface area (Å²) in [6.07, 6.45) is 1.98. The van der Waals surface area contributed by atoms with Crippen molar-refractivity contribution >= 4 is 22.8 Å². The highest BCUT2D eigenvalue weighted by atomic mass is 16.4. The minimum Gasteiger partial charge on any atom is -0.504 e. The van der Waals surface area contributed by atoms with E-state index in [1.807, 2.05) is 0 Å². The van der Waals surface area contributed by atoms with Crippen molar-refractivity contribution in [2.45, 2.75) is 32.6 Å². The van der Waals surface area contributed by atoms with E-state index >= 15 is 0 Å². The first kappa shape index (κ1) is 18.8. The number of hydrogen-bond donors (Lipinski definition) is 3. The maximum absolute atomic E-state index is 12.2. The number of rotatable bonds is 6. The minimum atomic E-state index is -0.723. The third kappa shape index (κ3) is 3.89. The predicted molar refractivity (Wildman–Crippen MR) is 97.7 cm³/mol. The predicted octanol–water partition coefficient (Wildman–Crippen LogP) is 1.18. The topological polar surface area (TPSA) is 120 Å². The number of likely N-dealkylation sites (tertiary alicyclic amines) is 1. The number of nitrogens with zero attached hydrogens (tertiary/aromatic N) is 1. The molecule has 0 radical (unpaired) electrons. The highest BCUT2D eigenvalue weighted by Gasteiger charge is 2.20. The third-order valence-electron chi connectivity index (χ3n) is 4.84. The van der Waals surface area contributed by atoms with Crippen LogP contribution in [0.25, 0.3) is 11.0 Å². The van der Waals surface area contributed by atoms with Crippen molar-refractivity contribution in [3.8, 4) is 11.5 Å². The van der Waals surface area contributed by atoms with Gasteiger partial charge in [0.05, 0.1) is 12.0 Å². The average molecular weight is 374 g/mol. The van der Waals surface area contributed by atoms with Gasteiger partial charge in [-0.15, -0.1) is 0 Å². The molecule has 3 rings (SSSR count). The number of carbonyl (C=O) groups is 2. The van der Waals surface area contributed by atoms with Crippen LogP contribution in [0.15, 0.2) is 21.3 Å². The summed E-state index contributed by atoms with van der Waals surface area (Å²) in [6.45, 7) is 3.46. The Morgan fingerprint density at radius 3 is 2.78 bits per heavy atom. The second-order valence-electron chi connectivity index (χ2n) is 6.67. The summed E-state index contributed by atoms with van der Waals surface area (Å²) in [6, 6.07) is 2.82. The van der Waals surface area contributed by atoms with Crippen molar-refractivity contribution in [2.75, 3.05) is 19.6 Å². The van der Waals surface area contributed by atoms with Crippen LogP contribution in [-0.4, -0.2) is 46.6 Å². The van der Waals surface area contributed by atoms with Gasteiger partial charge in [-0.3, -0.25) is 9.59 Å². The van der Waals surface area contributed by atoms with Gasteiger partial charge in [-0.1, -0.05) is 0 Å². The molecule has 1 aromatic carbocycles. The highest BCUT2D eigenvalue weighted by molar-refractivity contribution is 5.89. The van der Waals surface area contributed by atoms with Gasteiger partial charge >= 0.3 is 5.63 Å². The molecule has 144 valence electrons. The van der Waals surface area contributed by atoms with Crippen molar-refractivity contribution in [3.63, 3.8) is 0 Å². The van der Waals surface area contributed by atoms with Crippen molar-refractivity contribution in [1.82, 2.24) is 10.2 Å². The first-order valence-electron chi connectivity index (χ1n) is 8.90. The molecule has 3 N–H and O–H groups in total. The van der Waals surface area contributed by atoms with E-state index in [0.717, 1.165) is 13.0 Å². The maximum Gasteiger partial charge on any atom is 0.340 e. The smallest absolute Gasteiger partial charge is 0.340 e. The van der Waals surface area contributed by atoms with Crippen LogP contribution >= 0.6 is 0 Å². The fourth-order valence-corrected chi connectivity index (χ4v) is 3.30. The number of fused-ring (bicyclic) bond motifs is 1. The van der Waals surface area contributed by atoms with E-state index in [9.17, 15) is 24.6 Å². The summed E-state index contributed by atoms with van der Waals surface area (Å²) in [5.41, 5.74) is -0.0928. The van der Waals surface area contributed by atoms with Crippen molar-refractivity contribution in [1.29, 1.82) is 0 Å². The van der Waals surface area contributed by atoms with Crippen molar-refractivity contribution in [3.05, 3.63) is 33.7 Å². The number of hydrogen-bond acceptors (Lipinski definition) is 6. The second-order valence-corrected chi connectivity index (χ2v) is 6.67. The van der Waals surface area contributed by atoms with Crippen LogP contribution in [0.3, 0.4) is 0 Å². The number of aromatic hydroxyl groups is 2. The molecule has 27 heavy (non-hydrogen) atoms. The first-order valence-corrected chi connectivity index (χ1v) is 8.90. The van der Waals surface area contributed by atoms with Crippen LogP contribution in [0.1, 0.15) is 30.4 Å². The van der Waals surface area contributed by atoms with Crippen LogP contribution in [-0.2, 0) is 16.0 Å². The Kier molecular flexibility index (Phi) is 5.34. The average Bonchev–Trinajstić information content (AvgIpc) is 3.04. The number of carbonyl (C=O) groups excluding carboxylic acids is 2. The molecule has 0 atom stereocenters. The monoisotopic (exact) mass is 374 g/mol. The molecule has 2 aromatic rings. The molecule has 0 bridgehead atoms. The normalized spacial score (nSPS) is 14.1. The van der Waals surface area contributed by atoms with Gasteiger partial charge in [0.1, 0.15) is 0 Å². The zero-order valence-corrected chi connectivity index (χ0v) is 15.1. The van der Waals surface area contributed by atoms with Gasteiger partial charge in [-0.2, -0.15) is 0 Å². The number of phenolic OH excluding ortho intramolecular Hbond substituents is 2. The van der Waals surface area contributed by atoms with Gasteiger partial charge in [0.15, 0.2) is 11.3 Å². The lowest BCUT2D eigenvalue weighted by Gasteiger charge is -2.15. The Balaban J connectivity index is 1.64. The molecular weight excluding hydrogens is 352 g/mol. The number of benzene rings is 1. The van der Waals surface area contributed by atoms with Gasteiger partial charge in [-0.05, 0) is 37.5 Å². The third-order valence-corrected chi connectivity index (χ3v) is 4.84. The number of amides is 2. The summed E-state index contributed by atoms with van der Waals surface area (Å²) in [4.78, 5) is 37.7. The van der Waals surface area contributed by atoms with Crippen LogP contribution < -0.4 is 10.9 Å². The Bertz CT molecular complexity index is 949. The quantitative estimate of drug-likeness (QED) is 0.397. The highest BCUT2D eigenvalue weighted by Crippen LogP contribution is 2.34. The molecule has 8 heteroatoms. The summed E-state index contributed by atoms with van der Waals surface area (Å²) in [5, 5.41) is 22.6. The fourth-order valence-electron chi connectivity index (χ4n) is 3.30. The van der Waals surface area contributed by atoms with Crippen molar-refractivity contribution < 1.29 is 24.2 Å². The molecule has 0 spiro atoms. The zero-order chi connectivity index (χ0) is 19.6. The summed E-state index contributed by atoms with van der Waals surface area (Å²) in [7, 11) is 0. The van der Waals surface area contributed by atoms with Gasteiger partial charge in [0, 0.05) is 31.4 Å². The maximum atomic E-state index is 12.2. The lowest BCUT2D eigenvalue weighted by Crippen LogP contribution is -2.32. The number of aryl methyl sites for hydroxylation is 1. The van der Waals surface area contributed by atoms with E-state index in [2.05, 4.69) is 5.32 Å². The van der Waals surface area contributed by atoms with Gasteiger partial charge < -0.3 is 24.8 Å². The number of phenols is 2. The summed E-state index contributed by atoms with van der Waals surface area (Å²) in [5.74, 6) is -1.05. The molecule has 1 saturated heterocycles. The summed E-state index contributed by atoms with van der Waals surface area (Å²) < 4.78 is 5.10. The first-order chi connectivity index (χ1) is 12.9. The Morgan fingerprint density at radius 2 is 2.07 bits per heavy atom. The molecule has 0 unspecified atom stereocenters. The molecule has 0 aliphatic carbocycles. The van der Waals surface area contributed by atoms with Crippen LogP contribution in [0.4, 0.5) is 0 Å². The van der Waals surface area contributed by atoms with E-state index in [0.29, 0.717) is 36.9 Å². The van der Waals surface area contributed by atoms with Crippen LogP contribution in [0, 0.1) is 6.92 Å². The molecule has 8 nitrogen and oxygen atoms in total. The van der Waals surface area contributed by atoms with E-state index in [1.54, 1.807) is 11.8 Å². The van der Waals surface area contributed by atoms with Gasteiger partial charge in [0.25, 0.3) is 0 Å². The molecule has 2 heterocycles. The lowest BCUT2D eigenvalue weighted by molar-refractivity contribution is -0.127. The fraction of sp³-hybridized carbons (Fsp3) is 0.421. The van der Waals surface area contributed by atoms with Crippen LogP contribution in [0.2, 0.25) is 0 Å². The largest absolute Gasteiger partial charge is 0.504 e. The Labute approximate surface area is 155 Å². The molecule has 2 amide bonds. The SMILES string of the molecule is Cc1c(CC(=O)NCCCN2CCCC2=O)c(=O)oc2c(O)c(O)ccc12. The van der Waals surface area contributed by atoms with Gasteiger partial charge in [-0.25, -0.2) is 4.79 Å². The summed E-state index contributed by atoms with van der Waals surface area (Å²) >= 11 is 0. The zero-order valence-electron chi connectivity index (χ0n) is 15.1.